The van der Waals surface area contributed by atoms with Crippen LogP contribution in [-0.2, 0) is 18.2 Å². The Morgan fingerprint density at radius 2 is 2.39 bits per heavy atom. The van der Waals surface area contributed by atoms with Crippen LogP contribution in [0.4, 0.5) is 0 Å². The van der Waals surface area contributed by atoms with Gasteiger partial charge in [-0.1, -0.05) is 0 Å². The first kappa shape index (κ1) is 15.5. The van der Waals surface area contributed by atoms with Gasteiger partial charge in [0, 0.05) is 44.0 Å². The van der Waals surface area contributed by atoms with Crippen LogP contribution in [0.2, 0.25) is 0 Å². The van der Waals surface area contributed by atoms with Crippen LogP contribution in [0.5, 0.6) is 0 Å². The van der Waals surface area contributed by atoms with E-state index in [0.717, 1.165) is 5.69 Å². The first-order valence-corrected chi connectivity index (χ1v) is 7.65. The third-order valence-corrected chi connectivity index (χ3v) is 4.02. The van der Waals surface area contributed by atoms with Gasteiger partial charge in [-0.3, -0.25) is 9.59 Å². The van der Waals surface area contributed by atoms with Crippen molar-refractivity contribution in [2.24, 2.45) is 13.0 Å². The molecule has 7 heteroatoms. The molecular formula is C16H20N4O3. The van der Waals surface area contributed by atoms with Crippen LogP contribution < -0.4 is 5.56 Å². The summed E-state index contributed by atoms with van der Waals surface area (Å²) in [6, 6.07) is 5.18. The van der Waals surface area contributed by atoms with Crippen molar-refractivity contribution >= 4 is 5.91 Å². The monoisotopic (exact) mass is 316 g/mol. The Balaban J connectivity index is 1.72. The molecule has 0 aromatic carbocycles. The van der Waals surface area contributed by atoms with E-state index >= 15 is 0 Å². The van der Waals surface area contributed by atoms with Crippen molar-refractivity contribution in [3.63, 3.8) is 0 Å². The Bertz CT molecular complexity index is 737. The van der Waals surface area contributed by atoms with Gasteiger partial charge in [0.05, 0.1) is 19.5 Å². The standard InChI is InChI=1S/C16H20N4O3/c1-19-4-2-3-14(19)16(22)20-5-6-23-10-12(9-20)7-13-8-15(21)18-11-17-13/h2-4,8,11-12H,5-7,9-10H2,1H3,(H,17,18,21)/t12-/m0/s1. The van der Waals surface area contributed by atoms with Crippen molar-refractivity contribution in [3.05, 3.63) is 52.5 Å². The third kappa shape index (κ3) is 3.68. The maximum atomic E-state index is 12.7. The van der Waals surface area contributed by atoms with Crippen LogP contribution in [0.25, 0.3) is 0 Å². The normalized spacial score (nSPS) is 18.7. The van der Waals surface area contributed by atoms with Crippen molar-refractivity contribution in [1.82, 2.24) is 19.4 Å². The molecule has 0 spiro atoms. The molecule has 0 aliphatic carbocycles. The van der Waals surface area contributed by atoms with Crippen LogP contribution in [-0.4, -0.2) is 51.6 Å². The lowest BCUT2D eigenvalue weighted by atomic mass is 10.0. The fourth-order valence-electron chi connectivity index (χ4n) is 2.85. The van der Waals surface area contributed by atoms with Gasteiger partial charge in [-0.05, 0) is 18.6 Å². The van der Waals surface area contributed by atoms with Gasteiger partial charge < -0.3 is 19.2 Å². The molecule has 0 radical (unpaired) electrons. The highest BCUT2D eigenvalue weighted by Gasteiger charge is 2.25. The molecule has 7 nitrogen and oxygen atoms in total. The van der Waals surface area contributed by atoms with Gasteiger partial charge >= 0.3 is 0 Å². The molecular weight excluding hydrogens is 296 g/mol. The zero-order valence-electron chi connectivity index (χ0n) is 13.1. The molecule has 3 heterocycles. The highest BCUT2D eigenvalue weighted by molar-refractivity contribution is 5.92. The highest BCUT2D eigenvalue weighted by atomic mass is 16.5. The molecule has 0 bridgehead atoms. The smallest absolute Gasteiger partial charge is 0.270 e. The van der Waals surface area contributed by atoms with Crippen molar-refractivity contribution in [1.29, 1.82) is 0 Å². The molecule has 1 aliphatic rings. The van der Waals surface area contributed by atoms with Crippen LogP contribution in [0.3, 0.4) is 0 Å². The molecule has 1 amide bonds. The molecule has 1 N–H and O–H groups in total. The number of aromatic nitrogens is 3. The number of carbonyl (C=O) groups is 1. The fraction of sp³-hybridized carbons (Fsp3) is 0.438. The average Bonchev–Trinajstić information content (AvgIpc) is 2.81. The summed E-state index contributed by atoms with van der Waals surface area (Å²) in [7, 11) is 1.86. The van der Waals surface area contributed by atoms with E-state index in [4.69, 9.17) is 4.74 Å². The average molecular weight is 316 g/mol. The Labute approximate surface area is 133 Å². The molecule has 1 atom stereocenters. The number of nitrogens with zero attached hydrogens (tertiary/aromatic N) is 3. The Hall–Kier alpha value is -2.41. The summed E-state index contributed by atoms with van der Waals surface area (Å²) in [5, 5.41) is 0. The number of rotatable bonds is 3. The van der Waals surface area contributed by atoms with Crippen LogP contribution in [0, 0.1) is 5.92 Å². The van der Waals surface area contributed by atoms with Gasteiger partial charge in [-0.15, -0.1) is 0 Å². The molecule has 23 heavy (non-hydrogen) atoms. The maximum Gasteiger partial charge on any atom is 0.270 e. The second kappa shape index (κ2) is 6.78. The minimum Gasteiger partial charge on any atom is -0.379 e. The summed E-state index contributed by atoms with van der Waals surface area (Å²) in [5.74, 6) is 0.128. The van der Waals surface area contributed by atoms with Crippen LogP contribution in [0.15, 0.2) is 35.5 Å². The molecule has 1 saturated heterocycles. The van der Waals surface area contributed by atoms with E-state index in [-0.39, 0.29) is 17.4 Å². The molecule has 2 aromatic rings. The summed E-state index contributed by atoms with van der Waals surface area (Å²) >= 11 is 0. The summed E-state index contributed by atoms with van der Waals surface area (Å²) in [5.41, 5.74) is 1.22. The van der Waals surface area contributed by atoms with Gasteiger partial charge in [0.15, 0.2) is 0 Å². The van der Waals surface area contributed by atoms with Gasteiger partial charge in [0.1, 0.15) is 5.69 Å². The van der Waals surface area contributed by atoms with Gasteiger partial charge in [0.2, 0.25) is 0 Å². The lowest BCUT2D eigenvalue weighted by Crippen LogP contribution is -2.37. The topological polar surface area (TPSA) is 80.2 Å². The first-order chi connectivity index (χ1) is 11.1. The quantitative estimate of drug-likeness (QED) is 0.891. The molecule has 0 saturated carbocycles. The van der Waals surface area contributed by atoms with Gasteiger partial charge in [-0.25, -0.2) is 4.98 Å². The Morgan fingerprint density at radius 3 is 3.13 bits per heavy atom. The van der Waals surface area contributed by atoms with Crippen molar-refractivity contribution in [3.8, 4) is 0 Å². The van der Waals surface area contributed by atoms with E-state index in [1.807, 2.05) is 34.8 Å². The number of hydrogen-bond donors (Lipinski definition) is 1. The Kier molecular flexibility index (Phi) is 4.57. The van der Waals surface area contributed by atoms with E-state index in [1.54, 1.807) is 0 Å². The number of aryl methyl sites for hydroxylation is 1. The van der Waals surface area contributed by atoms with E-state index in [1.165, 1.54) is 12.4 Å². The molecule has 2 aromatic heterocycles. The van der Waals surface area contributed by atoms with E-state index < -0.39 is 0 Å². The maximum absolute atomic E-state index is 12.7. The number of hydrogen-bond acceptors (Lipinski definition) is 4. The Morgan fingerprint density at radius 1 is 1.52 bits per heavy atom. The van der Waals surface area contributed by atoms with E-state index in [0.29, 0.717) is 38.4 Å². The number of aromatic amines is 1. The zero-order chi connectivity index (χ0) is 16.2. The predicted octanol–water partition coefficient (Wildman–Crippen LogP) is 0.440. The molecule has 3 rings (SSSR count). The van der Waals surface area contributed by atoms with Gasteiger partial charge in [-0.2, -0.15) is 0 Å². The SMILES string of the molecule is Cn1cccc1C(=O)N1CCOC[C@@H](Cc2cc(=O)[nH]cn2)C1. The summed E-state index contributed by atoms with van der Waals surface area (Å²) < 4.78 is 7.44. The molecule has 1 fully saturated rings. The predicted molar refractivity (Wildman–Crippen MR) is 84.2 cm³/mol. The summed E-state index contributed by atoms with van der Waals surface area (Å²) in [6.07, 6.45) is 3.88. The second-order valence-corrected chi connectivity index (χ2v) is 5.80. The summed E-state index contributed by atoms with van der Waals surface area (Å²) in [6.45, 7) is 2.25. The van der Waals surface area contributed by atoms with Crippen LogP contribution in [0.1, 0.15) is 16.2 Å². The number of nitrogens with one attached hydrogen (secondary N) is 1. The summed E-state index contributed by atoms with van der Waals surface area (Å²) in [4.78, 5) is 32.5. The second-order valence-electron chi connectivity index (χ2n) is 5.80. The molecule has 122 valence electrons. The van der Waals surface area contributed by atoms with Crippen molar-refractivity contribution in [2.75, 3.05) is 26.3 Å². The number of carbonyl (C=O) groups excluding carboxylic acids is 1. The third-order valence-electron chi connectivity index (χ3n) is 4.02. The lowest BCUT2D eigenvalue weighted by molar-refractivity contribution is 0.0728. The number of amides is 1. The lowest BCUT2D eigenvalue weighted by Gasteiger charge is -2.23. The fourth-order valence-corrected chi connectivity index (χ4v) is 2.85. The highest BCUT2D eigenvalue weighted by Crippen LogP contribution is 2.14. The molecule has 0 unspecified atom stereocenters. The first-order valence-electron chi connectivity index (χ1n) is 7.65. The van der Waals surface area contributed by atoms with Gasteiger partial charge in [0.25, 0.3) is 11.5 Å². The number of ether oxygens (including phenoxy) is 1. The minimum absolute atomic E-state index is 0.00636. The van der Waals surface area contributed by atoms with Crippen molar-refractivity contribution in [2.45, 2.75) is 6.42 Å². The number of H-pyrrole nitrogens is 1. The minimum atomic E-state index is -0.165. The van der Waals surface area contributed by atoms with Crippen LogP contribution >= 0.6 is 0 Å². The van der Waals surface area contributed by atoms with E-state index in [9.17, 15) is 9.59 Å². The van der Waals surface area contributed by atoms with Crippen molar-refractivity contribution < 1.29 is 9.53 Å². The zero-order valence-corrected chi connectivity index (χ0v) is 13.1. The largest absolute Gasteiger partial charge is 0.379 e. The molecule has 1 aliphatic heterocycles. The van der Waals surface area contributed by atoms with E-state index in [2.05, 4.69) is 9.97 Å².